The Morgan fingerprint density at radius 2 is 2.25 bits per heavy atom. The van der Waals surface area contributed by atoms with Crippen LogP contribution in [0.25, 0.3) is 0 Å². The first-order valence-electron chi connectivity index (χ1n) is 3.51. The first kappa shape index (κ1) is 3.23. The monoisotopic (exact) mass is 109 g/mol. The van der Waals surface area contributed by atoms with Crippen LogP contribution in [0.2, 0.25) is 0 Å². The zero-order valence-electron chi connectivity index (χ0n) is 6.76. The maximum Gasteiger partial charge on any atom is 0.0313 e. The van der Waals surface area contributed by atoms with Crippen molar-refractivity contribution in [3.63, 3.8) is 0 Å². The highest BCUT2D eigenvalue weighted by molar-refractivity contribution is 5.08. The molecule has 0 unspecified atom stereocenters. The van der Waals surface area contributed by atoms with E-state index in [1.54, 1.807) is 24.5 Å². The fraction of sp³-hybridized carbons (Fsp3) is 0.286. The van der Waals surface area contributed by atoms with Gasteiger partial charge in [0.15, 0.2) is 0 Å². The molecule has 0 aliphatic rings. The molecule has 1 nitrogen and oxygen atoms in total. The van der Waals surface area contributed by atoms with Crippen molar-refractivity contribution < 1.29 is 2.74 Å². The molecule has 0 aliphatic heterocycles. The molecule has 1 heterocycles. The van der Waals surface area contributed by atoms with Crippen molar-refractivity contribution in [3.8, 4) is 0 Å². The van der Waals surface area contributed by atoms with Crippen molar-refractivity contribution in [2.45, 2.75) is 13.3 Å². The van der Waals surface area contributed by atoms with Gasteiger partial charge in [-0.2, -0.15) is 0 Å². The van der Waals surface area contributed by atoms with E-state index in [0.717, 1.165) is 0 Å². The van der Waals surface area contributed by atoms with E-state index in [1.165, 1.54) is 6.92 Å². The van der Waals surface area contributed by atoms with Crippen LogP contribution in [0.5, 0.6) is 0 Å². The van der Waals surface area contributed by atoms with Gasteiger partial charge in [0, 0.05) is 15.1 Å². The molecule has 0 amide bonds. The minimum atomic E-state index is -1.25. The normalized spacial score (nSPS) is 14.6. The van der Waals surface area contributed by atoms with Crippen LogP contribution in [-0.2, 0) is 6.37 Å². The lowest BCUT2D eigenvalue weighted by Crippen LogP contribution is -1.76. The molecular weight excluding hydrogens is 98.1 g/mol. The molecule has 0 bridgehead atoms. The van der Waals surface area contributed by atoms with E-state index < -0.39 is 6.37 Å². The van der Waals surface area contributed by atoms with Crippen molar-refractivity contribution in [2.24, 2.45) is 0 Å². The summed E-state index contributed by atoms with van der Waals surface area (Å²) in [5, 5.41) is 0. The highest BCUT2D eigenvalue weighted by atomic mass is 14.6. The first-order valence-corrected chi connectivity index (χ1v) is 2.51. The molecule has 0 atom stereocenters. The van der Waals surface area contributed by atoms with E-state index in [4.69, 9.17) is 2.74 Å². The Balaban J connectivity index is 2.97. The van der Waals surface area contributed by atoms with Crippen molar-refractivity contribution in [1.82, 2.24) is 4.98 Å². The predicted octanol–water partition coefficient (Wildman–Crippen LogP) is 1.64. The van der Waals surface area contributed by atoms with Crippen LogP contribution in [0.4, 0.5) is 0 Å². The predicted molar refractivity (Wildman–Crippen MR) is 33.6 cm³/mol. The molecule has 0 aliphatic carbocycles. The third-order valence-corrected chi connectivity index (χ3v) is 0.969. The van der Waals surface area contributed by atoms with Gasteiger partial charge >= 0.3 is 0 Å². The van der Waals surface area contributed by atoms with Gasteiger partial charge in [-0.15, -0.1) is 0 Å². The van der Waals surface area contributed by atoms with Gasteiger partial charge in [-0.25, -0.2) is 0 Å². The molecule has 0 fully saturated rings. The molecule has 1 aromatic rings. The van der Waals surface area contributed by atoms with Crippen molar-refractivity contribution in [1.29, 1.82) is 0 Å². The lowest BCUT2D eigenvalue weighted by Gasteiger charge is -1.89. The Kier molecular flexibility index (Phi) is 0.992. The molecule has 1 rings (SSSR count). The van der Waals surface area contributed by atoms with Crippen LogP contribution < -0.4 is 0 Å². The van der Waals surface area contributed by atoms with Gasteiger partial charge in [-0.1, -0.05) is 6.92 Å². The third kappa shape index (κ3) is 1.06. The summed E-state index contributed by atoms with van der Waals surface area (Å²) >= 11 is 0. The van der Waals surface area contributed by atoms with E-state index >= 15 is 0 Å². The van der Waals surface area contributed by atoms with Gasteiger partial charge in [-0.05, 0) is 24.1 Å². The van der Waals surface area contributed by atoms with Gasteiger partial charge in [-0.3, -0.25) is 4.98 Å². The Morgan fingerprint density at radius 1 is 1.62 bits per heavy atom. The Bertz CT molecular complexity index is 203. The highest BCUT2D eigenvalue weighted by Gasteiger charge is 1.80. The standard InChI is InChI=1S/C7H9N/c1-2-7-3-5-8-6-4-7/h3-6H,2H2,1H3/i2D2. The van der Waals surface area contributed by atoms with E-state index in [-0.39, 0.29) is 0 Å². The number of rotatable bonds is 1. The number of hydrogen-bond acceptors (Lipinski definition) is 1. The minimum absolute atomic E-state index is 0.669. The van der Waals surface area contributed by atoms with Crippen molar-refractivity contribution in [3.05, 3.63) is 30.1 Å². The fourth-order valence-corrected chi connectivity index (χ4v) is 0.519. The highest BCUT2D eigenvalue weighted by Crippen LogP contribution is 1.94. The molecule has 1 aromatic heterocycles. The molecule has 0 N–H and O–H groups in total. The third-order valence-electron chi connectivity index (χ3n) is 0.969. The summed E-state index contributed by atoms with van der Waals surface area (Å²) in [4.78, 5) is 3.79. The summed E-state index contributed by atoms with van der Waals surface area (Å²) in [6, 6.07) is 3.36. The largest absolute Gasteiger partial charge is 0.265 e. The summed E-state index contributed by atoms with van der Waals surface area (Å²) in [6.45, 7) is 1.53. The second-order valence-electron chi connectivity index (χ2n) is 1.49. The molecule has 0 aromatic carbocycles. The first-order chi connectivity index (χ1) is 4.61. The number of aromatic nitrogens is 1. The Morgan fingerprint density at radius 3 is 2.62 bits per heavy atom. The number of nitrogens with zero attached hydrogens (tertiary/aromatic N) is 1. The molecule has 0 saturated carbocycles. The van der Waals surface area contributed by atoms with Crippen LogP contribution >= 0.6 is 0 Å². The van der Waals surface area contributed by atoms with Crippen LogP contribution in [0.3, 0.4) is 0 Å². The maximum absolute atomic E-state index is 7.31. The second kappa shape index (κ2) is 2.46. The number of aryl methyl sites for hydroxylation is 1. The molecule has 0 saturated heterocycles. The smallest absolute Gasteiger partial charge is 0.0313 e. The SMILES string of the molecule is [2H]C([2H])(C)c1ccncc1. The summed E-state index contributed by atoms with van der Waals surface area (Å²) in [5.41, 5.74) is 0.669. The van der Waals surface area contributed by atoms with Crippen LogP contribution in [0.1, 0.15) is 15.2 Å². The van der Waals surface area contributed by atoms with Gasteiger partial charge < -0.3 is 0 Å². The van der Waals surface area contributed by atoms with E-state index in [2.05, 4.69) is 4.98 Å². The fourth-order valence-electron chi connectivity index (χ4n) is 0.519. The van der Waals surface area contributed by atoms with E-state index in [9.17, 15) is 0 Å². The lowest BCUT2D eigenvalue weighted by molar-refractivity contribution is 1.12. The van der Waals surface area contributed by atoms with Crippen LogP contribution in [-0.4, -0.2) is 4.98 Å². The summed E-state index contributed by atoms with van der Waals surface area (Å²) < 4.78 is 14.6. The lowest BCUT2D eigenvalue weighted by atomic mass is 10.2. The molecule has 8 heavy (non-hydrogen) atoms. The van der Waals surface area contributed by atoms with E-state index in [1.807, 2.05) is 0 Å². The maximum atomic E-state index is 7.31. The average Bonchev–Trinajstić information content (AvgIpc) is 1.88. The minimum Gasteiger partial charge on any atom is -0.265 e. The molecule has 0 spiro atoms. The van der Waals surface area contributed by atoms with Gasteiger partial charge in [0.05, 0.1) is 0 Å². The quantitative estimate of drug-likeness (QED) is 0.534. The van der Waals surface area contributed by atoms with Gasteiger partial charge in [0.1, 0.15) is 0 Å². The van der Waals surface area contributed by atoms with Gasteiger partial charge in [0.25, 0.3) is 0 Å². The molecule has 1 heteroatoms. The molecule has 0 radical (unpaired) electrons. The topological polar surface area (TPSA) is 12.9 Å². The van der Waals surface area contributed by atoms with Crippen LogP contribution in [0.15, 0.2) is 24.5 Å². The second-order valence-corrected chi connectivity index (χ2v) is 1.49. The number of hydrogen-bond donors (Lipinski definition) is 0. The average molecular weight is 109 g/mol. The summed E-state index contributed by atoms with van der Waals surface area (Å²) in [6.07, 6.45) is 1.94. The van der Waals surface area contributed by atoms with Crippen LogP contribution in [0, 0.1) is 0 Å². The Hall–Kier alpha value is -0.850. The summed E-state index contributed by atoms with van der Waals surface area (Å²) in [7, 11) is 0. The molecular formula is C7H9N. The van der Waals surface area contributed by atoms with Gasteiger partial charge in [0.2, 0.25) is 0 Å². The van der Waals surface area contributed by atoms with Crippen molar-refractivity contribution in [2.75, 3.05) is 0 Å². The zero-order valence-corrected chi connectivity index (χ0v) is 4.76. The van der Waals surface area contributed by atoms with E-state index in [0.29, 0.717) is 5.56 Å². The summed E-state index contributed by atoms with van der Waals surface area (Å²) in [5.74, 6) is 0. The number of pyridine rings is 1. The zero-order chi connectivity index (χ0) is 7.61. The van der Waals surface area contributed by atoms with Crippen molar-refractivity contribution >= 4 is 0 Å². The Labute approximate surface area is 52.2 Å². The molecule has 42 valence electrons.